The molecule has 0 radical (unpaired) electrons. The van der Waals surface area contributed by atoms with Crippen LogP contribution in [0.15, 0.2) is 27.6 Å². The minimum Gasteiger partial charge on any atom is -0.481 e. The van der Waals surface area contributed by atoms with Crippen LogP contribution in [0, 0.1) is 16.7 Å². The number of carboxylic acid groups (broad SMARTS) is 1. The van der Waals surface area contributed by atoms with Gasteiger partial charge in [0.1, 0.15) is 6.07 Å². The molecule has 0 saturated heterocycles. The van der Waals surface area contributed by atoms with Gasteiger partial charge in [-0.3, -0.25) is 4.79 Å². The Hall–Kier alpha value is -0.990. The number of nitrogens with zero attached hydrogens (tertiary/aromatic N) is 1. The van der Waals surface area contributed by atoms with Crippen LogP contribution in [0.4, 0.5) is 0 Å². The van der Waals surface area contributed by atoms with E-state index in [1.807, 2.05) is 12.1 Å². The van der Waals surface area contributed by atoms with Gasteiger partial charge >= 0.3 is 5.97 Å². The van der Waals surface area contributed by atoms with Gasteiger partial charge < -0.3 is 5.11 Å². The number of hydrogen-bond acceptors (Lipinski definition) is 3. The summed E-state index contributed by atoms with van der Waals surface area (Å²) in [6.07, 6.45) is 2.19. The largest absolute Gasteiger partial charge is 0.481 e. The van der Waals surface area contributed by atoms with Crippen LogP contribution >= 0.6 is 27.7 Å². The molecule has 5 heteroatoms. The Balaban J connectivity index is 2.03. The third-order valence-corrected chi connectivity index (χ3v) is 5.00. The molecule has 0 spiro atoms. The van der Waals surface area contributed by atoms with Crippen LogP contribution < -0.4 is 0 Å². The topological polar surface area (TPSA) is 61.1 Å². The van der Waals surface area contributed by atoms with Crippen LogP contribution in [-0.2, 0) is 4.79 Å². The van der Waals surface area contributed by atoms with Crippen LogP contribution in [0.1, 0.15) is 24.8 Å². The fourth-order valence-electron chi connectivity index (χ4n) is 1.82. The van der Waals surface area contributed by atoms with Crippen LogP contribution in [0.5, 0.6) is 0 Å². The number of rotatable bonds is 5. The van der Waals surface area contributed by atoms with Gasteiger partial charge in [0.2, 0.25) is 0 Å². The lowest BCUT2D eigenvalue weighted by atomic mass is 10.1. The van der Waals surface area contributed by atoms with E-state index in [1.165, 1.54) is 0 Å². The van der Waals surface area contributed by atoms with Crippen molar-refractivity contribution in [2.45, 2.75) is 24.2 Å². The summed E-state index contributed by atoms with van der Waals surface area (Å²) in [6.45, 7) is 0. The fraction of sp³-hybridized carbons (Fsp3) is 0.385. The predicted molar refractivity (Wildman–Crippen MR) is 73.5 cm³/mol. The number of carbonyl (C=O) groups is 1. The molecule has 1 aliphatic carbocycles. The summed E-state index contributed by atoms with van der Waals surface area (Å²) in [5.74, 6) is 0.0414. The zero-order chi connectivity index (χ0) is 13.2. The summed E-state index contributed by atoms with van der Waals surface area (Å²) in [7, 11) is 0. The van der Waals surface area contributed by atoms with E-state index in [4.69, 9.17) is 10.4 Å². The van der Waals surface area contributed by atoms with Crippen molar-refractivity contribution >= 4 is 33.7 Å². The van der Waals surface area contributed by atoms with Crippen molar-refractivity contribution in [2.24, 2.45) is 5.41 Å². The second-order valence-corrected chi connectivity index (χ2v) is 6.54. The Morgan fingerprint density at radius 2 is 2.28 bits per heavy atom. The van der Waals surface area contributed by atoms with E-state index in [2.05, 4.69) is 22.0 Å². The monoisotopic (exact) mass is 325 g/mol. The maximum atomic E-state index is 10.8. The number of benzene rings is 1. The number of carboxylic acids is 1. The molecule has 1 aliphatic rings. The number of halogens is 1. The Kier molecular flexibility index (Phi) is 3.98. The van der Waals surface area contributed by atoms with Crippen LogP contribution in [0.25, 0.3) is 0 Å². The summed E-state index contributed by atoms with van der Waals surface area (Å²) >= 11 is 4.92. The molecule has 0 unspecified atom stereocenters. The molecule has 0 aliphatic heterocycles. The van der Waals surface area contributed by atoms with Gasteiger partial charge in [-0.2, -0.15) is 5.26 Å². The van der Waals surface area contributed by atoms with E-state index >= 15 is 0 Å². The average molecular weight is 326 g/mol. The number of aliphatic carboxylic acids is 1. The van der Waals surface area contributed by atoms with Crippen molar-refractivity contribution in [1.29, 1.82) is 5.26 Å². The van der Waals surface area contributed by atoms with Gasteiger partial charge in [0, 0.05) is 15.1 Å². The van der Waals surface area contributed by atoms with Gasteiger partial charge in [0.05, 0.1) is 12.0 Å². The first kappa shape index (κ1) is 13.4. The predicted octanol–water partition coefficient (Wildman–Crippen LogP) is 3.67. The van der Waals surface area contributed by atoms with E-state index in [0.717, 1.165) is 28.0 Å². The van der Waals surface area contributed by atoms with E-state index < -0.39 is 5.97 Å². The van der Waals surface area contributed by atoms with Gasteiger partial charge in [-0.05, 0) is 36.5 Å². The molecular weight excluding hydrogens is 314 g/mol. The minimum atomic E-state index is -0.732. The van der Waals surface area contributed by atoms with Crippen molar-refractivity contribution in [3.8, 4) is 6.07 Å². The molecule has 0 bridgehead atoms. The van der Waals surface area contributed by atoms with Crippen molar-refractivity contribution in [3.05, 3.63) is 28.2 Å². The second-order valence-electron chi connectivity index (χ2n) is 4.61. The number of thioether (sulfide) groups is 1. The highest BCUT2D eigenvalue weighted by Crippen LogP contribution is 2.52. The lowest BCUT2D eigenvalue weighted by Crippen LogP contribution is -2.11. The van der Waals surface area contributed by atoms with E-state index in [9.17, 15) is 4.79 Å². The van der Waals surface area contributed by atoms with E-state index in [0.29, 0.717) is 5.56 Å². The number of hydrogen-bond donors (Lipinski definition) is 1. The number of nitriles is 1. The molecule has 1 saturated carbocycles. The van der Waals surface area contributed by atoms with Crippen LogP contribution in [0.2, 0.25) is 0 Å². The quantitative estimate of drug-likeness (QED) is 0.839. The standard InChI is InChI=1S/C13H12BrNO2S/c14-10-1-2-11(9(5-10)7-15)18-8-13(3-4-13)6-12(16)17/h1-2,5H,3-4,6,8H2,(H,16,17). The summed E-state index contributed by atoms with van der Waals surface area (Å²) in [5, 5.41) is 17.9. The molecule has 0 atom stereocenters. The second kappa shape index (κ2) is 5.33. The first-order chi connectivity index (χ1) is 8.54. The Morgan fingerprint density at radius 1 is 1.56 bits per heavy atom. The molecule has 1 aromatic carbocycles. The Labute approximate surface area is 118 Å². The molecular formula is C13H12BrNO2S. The minimum absolute atomic E-state index is 0.0453. The molecule has 18 heavy (non-hydrogen) atoms. The SMILES string of the molecule is N#Cc1cc(Br)ccc1SCC1(CC(=O)O)CC1. The third-order valence-electron chi connectivity index (χ3n) is 3.08. The first-order valence-corrected chi connectivity index (χ1v) is 7.37. The maximum Gasteiger partial charge on any atom is 0.303 e. The van der Waals surface area contributed by atoms with Crippen molar-refractivity contribution in [1.82, 2.24) is 0 Å². The molecule has 2 rings (SSSR count). The van der Waals surface area contributed by atoms with Crippen LogP contribution in [-0.4, -0.2) is 16.8 Å². The van der Waals surface area contributed by atoms with Crippen molar-refractivity contribution in [3.63, 3.8) is 0 Å². The first-order valence-electron chi connectivity index (χ1n) is 5.59. The molecule has 0 heterocycles. The summed E-state index contributed by atoms with van der Waals surface area (Å²) in [4.78, 5) is 11.7. The maximum absolute atomic E-state index is 10.8. The van der Waals surface area contributed by atoms with Gasteiger partial charge in [-0.1, -0.05) is 15.9 Å². The highest BCUT2D eigenvalue weighted by molar-refractivity contribution is 9.10. The fourth-order valence-corrected chi connectivity index (χ4v) is 3.45. The molecule has 3 nitrogen and oxygen atoms in total. The van der Waals surface area contributed by atoms with Crippen molar-refractivity contribution in [2.75, 3.05) is 5.75 Å². The van der Waals surface area contributed by atoms with Crippen molar-refractivity contribution < 1.29 is 9.90 Å². The Bertz CT molecular complexity index is 520. The average Bonchev–Trinajstić information content (AvgIpc) is 3.06. The molecule has 94 valence electrons. The Morgan fingerprint density at radius 3 is 2.83 bits per heavy atom. The zero-order valence-electron chi connectivity index (χ0n) is 9.65. The highest BCUT2D eigenvalue weighted by atomic mass is 79.9. The van der Waals surface area contributed by atoms with Gasteiger partial charge in [0.15, 0.2) is 0 Å². The van der Waals surface area contributed by atoms with E-state index in [-0.39, 0.29) is 11.8 Å². The highest BCUT2D eigenvalue weighted by Gasteiger charge is 2.44. The molecule has 1 N–H and O–H groups in total. The lowest BCUT2D eigenvalue weighted by Gasteiger charge is -2.12. The lowest BCUT2D eigenvalue weighted by molar-refractivity contribution is -0.138. The third kappa shape index (κ3) is 3.27. The molecule has 1 fully saturated rings. The van der Waals surface area contributed by atoms with Gasteiger partial charge in [-0.15, -0.1) is 11.8 Å². The van der Waals surface area contributed by atoms with E-state index in [1.54, 1.807) is 17.8 Å². The normalized spacial score (nSPS) is 16.0. The van der Waals surface area contributed by atoms with Gasteiger partial charge in [0.25, 0.3) is 0 Å². The molecule has 0 aromatic heterocycles. The molecule has 1 aromatic rings. The smallest absolute Gasteiger partial charge is 0.303 e. The van der Waals surface area contributed by atoms with Gasteiger partial charge in [-0.25, -0.2) is 0 Å². The van der Waals surface area contributed by atoms with Crippen LogP contribution in [0.3, 0.4) is 0 Å². The summed E-state index contributed by atoms with van der Waals surface area (Å²) in [5.41, 5.74) is 0.594. The molecule has 0 amide bonds. The summed E-state index contributed by atoms with van der Waals surface area (Å²) in [6, 6.07) is 7.77. The summed E-state index contributed by atoms with van der Waals surface area (Å²) < 4.78 is 0.884. The zero-order valence-corrected chi connectivity index (χ0v) is 12.1.